The predicted molar refractivity (Wildman–Crippen MR) is 65.3 cm³/mol. The molecule has 0 amide bonds. The molecule has 0 radical (unpaired) electrons. The molecule has 86 valence electrons. The van der Waals surface area contributed by atoms with Crippen LogP contribution in [-0.4, -0.2) is 11.1 Å². The lowest BCUT2D eigenvalue weighted by atomic mass is 10.1. The third kappa shape index (κ3) is 5.40. The summed E-state index contributed by atoms with van der Waals surface area (Å²) < 4.78 is 5.65. The molecule has 0 aliphatic rings. The first kappa shape index (κ1) is 13.9. The van der Waals surface area contributed by atoms with E-state index in [4.69, 9.17) is 4.74 Å². The number of nitrogens with zero attached hydrogens (tertiary/aromatic N) is 1. The molecule has 1 aromatic heterocycles. The Balaban J connectivity index is 0.000000921. The summed E-state index contributed by atoms with van der Waals surface area (Å²) in [6, 6.07) is 5.82. The van der Waals surface area contributed by atoms with E-state index in [0.717, 1.165) is 11.6 Å². The molecule has 1 rings (SSSR count). The molecule has 0 fully saturated rings. The molecule has 15 heavy (non-hydrogen) atoms. The molecular formula is C13H23NO. The molecule has 0 bridgehead atoms. The zero-order valence-corrected chi connectivity index (χ0v) is 10.7. The van der Waals surface area contributed by atoms with E-state index in [9.17, 15) is 0 Å². The van der Waals surface area contributed by atoms with Crippen LogP contribution in [0.5, 0.6) is 5.88 Å². The van der Waals surface area contributed by atoms with Gasteiger partial charge in [-0.3, -0.25) is 0 Å². The molecule has 2 heteroatoms. The Morgan fingerprint density at radius 1 is 1.13 bits per heavy atom. The predicted octanol–water partition coefficient (Wildman–Crippen LogP) is 3.84. The number of aromatic nitrogens is 1. The van der Waals surface area contributed by atoms with Crippen LogP contribution in [0.1, 0.15) is 40.3 Å². The Morgan fingerprint density at radius 2 is 1.73 bits per heavy atom. The Labute approximate surface area is 93.7 Å². The summed E-state index contributed by atoms with van der Waals surface area (Å²) in [7, 11) is 0. The van der Waals surface area contributed by atoms with E-state index in [0.29, 0.717) is 5.92 Å². The Morgan fingerprint density at radius 3 is 2.20 bits per heavy atom. The smallest absolute Gasteiger partial charge is 0.213 e. The molecule has 1 aromatic rings. The number of hydrogen-bond donors (Lipinski definition) is 0. The second-order valence-corrected chi connectivity index (χ2v) is 3.68. The van der Waals surface area contributed by atoms with E-state index < -0.39 is 0 Å². The summed E-state index contributed by atoms with van der Waals surface area (Å²) in [6.45, 7) is 12.3. The van der Waals surface area contributed by atoms with Crippen molar-refractivity contribution in [2.75, 3.05) is 0 Å². The first-order chi connectivity index (χ1) is 7.09. The molecule has 0 saturated heterocycles. The van der Waals surface area contributed by atoms with Crippen LogP contribution in [0.15, 0.2) is 18.2 Å². The van der Waals surface area contributed by atoms with Crippen molar-refractivity contribution in [3.8, 4) is 5.88 Å². The van der Waals surface area contributed by atoms with Gasteiger partial charge in [-0.25, -0.2) is 4.98 Å². The zero-order valence-electron chi connectivity index (χ0n) is 10.7. The molecular weight excluding hydrogens is 186 g/mol. The second-order valence-electron chi connectivity index (χ2n) is 3.68. The first-order valence-electron chi connectivity index (χ1n) is 5.70. The fourth-order valence-electron chi connectivity index (χ4n) is 0.910. The van der Waals surface area contributed by atoms with Crippen molar-refractivity contribution < 1.29 is 4.74 Å². The zero-order chi connectivity index (χ0) is 11.8. The molecule has 1 heterocycles. The number of hydrogen-bond acceptors (Lipinski definition) is 2. The van der Waals surface area contributed by atoms with Crippen LogP contribution in [0.3, 0.4) is 0 Å². The second kappa shape index (κ2) is 7.27. The van der Waals surface area contributed by atoms with Crippen LogP contribution in [0, 0.1) is 12.8 Å². The highest BCUT2D eigenvalue weighted by Crippen LogP contribution is 2.12. The summed E-state index contributed by atoms with van der Waals surface area (Å²) in [5, 5.41) is 0. The average molecular weight is 209 g/mol. The van der Waals surface area contributed by atoms with E-state index in [1.807, 2.05) is 39.0 Å². The third-order valence-corrected chi connectivity index (χ3v) is 2.11. The van der Waals surface area contributed by atoms with Crippen molar-refractivity contribution in [2.24, 2.45) is 5.92 Å². The van der Waals surface area contributed by atoms with Gasteiger partial charge in [0.15, 0.2) is 0 Å². The number of rotatable bonds is 3. The Bertz CT molecular complexity index is 271. The highest BCUT2D eigenvalue weighted by Gasteiger charge is 2.08. The molecule has 0 saturated carbocycles. The maximum Gasteiger partial charge on any atom is 0.213 e. The minimum absolute atomic E-state index is 0.217. The van der Waals surface area contributed by atoms with Gasteiger partial charge in [-0.2, -0.15) is 0 Å². The highest BCUT2D eigenvalue weighted by molar-refractivity contribution is 5.14. The van der Waals surface area contributed by atoms with Gasteiger partial charge in [0, 0.05) is 11.8 Å². The van der Waals surface area contributed by atoms with Crippen LogP contribution >= 0.6 is 0 Å². The van der Waals surface area contributed by atoms with Crippen LogP contribution in [0.2, 0.25) is 0 Å². The topological polar surface area (TPSA) is 22.1 Å². The highest BCUT2D eigenvalue weighted by atomic mass is 16.5. The Hall–Kier alpha value is -1.05. The summed E-state index contributed by atoms with van der Waals surface area (Å²) in [6.07, 6.45) is 0.217. The van der Waals surface area contributed by atoms with Gasteiger partial charge in [0.25, 0.3) is 0 Å². The number of pyridine rings is 1. The monoisotopic (exact) mass is 209 g/mol. The van der Waals surface area contributed by atoms with Crippen molar-refractivity contribution in [3.05, 3.63) is 23.9 Å². The molecule has 2 nitrogen and oxygen atoms in total. The molecule has 0 aliphatic heterocycles. The lowest BCUT2D eigenvalue weighted by Gasteiger charge is -2.17. The normalized spacial score (nSPS) is 11.7. The van der Waals surface area contributed by atoms with Gasteiger partial charge >= 0.3 is 0 Å². The largest absolute Gasteiger partial charge is 0.474 e. The van der Waals surface area contributed by atoms with Gasteiger partial charge in [0.1, 0.15) is 0 Å². The van der Waals surface area contributed by atoms with Crippen LogP contribution in [0.4, 0.5) is 0 Å². The maximum atomic E-state index is 5.65. The molecule has 0 spiro atoms. The van der Waals surface area contributed by atoms with E-state index in [1.165, 1.54) is 0 Å². The fraction of sp³-hybridized carbons (Fsp3) is 0.615. The van der Waals surface area contributed by atoms with Crippen LogP contribution < -0.4 is 4.74 Å². The third-order valence-electron chi connectivity index (χ3n) is 2.11. The van der Waals surface area contributed by atoms with Gasteiger partial charge in [-0.1, -0.05) is 33.8 Å². The maximum absolute atomic E-state index is 5.65. The summed E-state index contributed by atoms with van der Waals surface area (Å²) >= 11 is 0. The van der Waals surface area contributed by atoms with Gasteiger partial charge in [0.2, 0.25) is 5.88 Å². The number of ether oxygens (including phenoxy) is 1. The minimum Gasteiger partial charge on any atom is -0.474 e. The van der Waals surface area contributed by atoms with Crippen molar-refractivity contribution in [1.82, 2.24) is 4.98 Å². The molecule has 1 unspecified atom stereocenters. The van der Waals surface area contributed by atoms with Crippen molar-refractivity contribution in [1.29, 1.82) is 0 Å². The summed E-state index contributed by atoms with van der Waals surface area (Å²) in [5.41, 5.74) is 0.994. The van der Waals surface area contributed by atoms with Crippen LogP contribution in [-0.2, 0) is 0 Å². The number of aryl methyl sites for hydroxylation is 1. The van der Waals surface area contributed by atoms with Gasteiger partial charge in [0.05, 0.1) is 6.10 Å². The summed E-state index contributed by atoms with van der Waals surface area (Å²) in [5.74, 6) is 1.24. The standard InChI is InChI=1S/C11H17NO.C2H6/c1-8(2)10(4)13-11-7-5-6-9(3)12-11;1-2/h5-8,10H,1-4H3;1-2H3. The SMILES string of the molecule is CC.Cc1cccc(OC(C)C(C)C)n1. The quantitative estimate of drug-likeness (QED) is 0.754. The van der Waals surface area contributed by atoms with E-state index in [-0.39, 0.29) is 6.10 Å². The van der Waals surface area contributed by atoms with Crippen molar-refractivity contribution in [2.45, 2.75) is 47.6 Å². The summed E-state index contributed by atoms with van der Waals surface area (Å²) in [4.78, 5) is 4.27. The van der Waals surface area contributed by atoms with Crippen molar-refractivity contribution >= 4 is 0 Å². The molecule has 0 N–H and O–H groups in total. The van der Waals surface area contributed by atoms with Crippen molar-refractivity contribution in [3.63, 3.8) is 0 Å². The lowest BCUT2D eigenvalue weighted by Crippen LogP contribution is -2.19. The molecule has 1 atom stereocenters. The van der Waals surface area contributed by atoms with E-state index in [2.05, 4.69) is 25.8 Å². The lowest BCUT2D eigenvalue weighted by molar-refractivity contribution is 0.163. The molecule has 0 aliphatic carbocycles. The van der Waals surface area contributed by atoms with Gasteiger partial charge in [-0.05, 0) is 25.8 Å². The van der Waals surface area contributed by atoms with E-state index in [1.54, 1.807) is 0 Å². The van der Waals surface area contributed by atoms with Crippen LogP contribution in [0.25, 0.3) is 0 Å². The van der Waals surface area contributed by atoms with Gasteiger partial charge < -0.3 is 4.74 Å². The minimum atomic E-state index is 0.217. The Kier molecular flexibility index (Phi) is 6.76. The fourth-order valence-corrected chi connectivity index (χ4v) is 0.910. The van der Waals surface area contributed by atoms with Gasteiger partial charge in [-0.15, -0.1) is 0 Å². The van der Waals surface area contributed by atoms with E-state index >= 15 is 0 Å². The first-order valence-corrected chi connectivity index (χ1v) is 5.70. The average Bonchev–Trinajstić information content (AvgIpc) is 2.20. The molecule has 0 aromatic carbocycles.